The van der Waals surface area contributed by atoms with Crippen molar-refractivity contribution in [1.82, 2.24) is 0 Å². The van der Waals surface area contributed by atoms with Gasteiger partial charge in [-0.05, 0) is 54.7 Å². The largest absolute Gasteiger partial charge is 0.412 e. The zero-order chi connectivity index (χ0) is 27.5. The minimum atomic E-state index is -2.69. The van der Waals surface area contributed by atoms with Crippen LogP contribution < -0.4 is 10.4 Å². The van der Waals surface area contributed by atoms with Crippen LogP contribution in [0.2, 0.25) is 44.3 Å². The molecule has 3 rings (SSSR count). The number of benzene rings is 2. The van der Waals surface area contributed by atoms with Crippen molar-refractivity contribution in [3.63, 3.8) is 0 Å². The van der Waals surface area contributed by atoms with Crippen molar-refractivity contribution in [2.75, 3.05) is 6.61 Å². The first-order valence-corrected chi connectivity index (χ1v) is 22.3. The molecule has 7 heteroatoms. The van der Waals surface area contributed by atoms with E-state index in [2.05, 4.69) is 127 Å². The fourth-order valence-electron chi connectivity index (χ4n) is 5.15. The van der Waals surface area contributed by atoms with Crippen LogP contribution in [-0.2, 0) is 18.0 Å². The molecule has 0 aromatic heterocycles. The molecule has 37 heavy (non-hydrogen) atoms. The van der Waals surface area contributed by atoms with E-state index < -0.39 is 25.0 Å². The molecule has 0 radical (unpaired) electrons. The van der Waals surface area contributed by atoms with E-state index in [-0.39, 0.29) is 29.5 Å². The summed E-state index contributed by atoms with van der Waals surface area (Å²) in [4.78, 5) is 0. The molecule has 0 aliphatic carbocycles. The van der Waals surface area contributed by atoms with Crippen LogP contribution in [0.1, 0.15) is 27.2 Å². The van der Waals surface area contributed by atoms with Crippen LogP contribution in [-0.4, -0.2) is 56.0 Å². The molecule has 1 aliphatic rings. The fourth-order valence-corrected chi connectivity index (χ4v) is 12.0. The van der Waals surface area contributed by atoms with Gasteiger partial charge in [0.2, 0.25) is 0 Å². The van der Waals surface area contributed by atoms with E-state index in [0.29, 0.717) is 6.61 Å². The third-order valence-electron chi connectivity index (χ3n) is 6.62. The van der Waals surface area contributed by atoms with Gasteiger partial charge >= 0.3 is 0 Å². The van der Waals surface area contributed by atoms with Gasteiger partial charge in [-0.15, -0.1) is 6.58 Å². The molecule has 1 fully saturated rings. The number of epoxide rings is 1. The molecule has 1 heterocycles. The predicted molar refractivity (Wildman–Crippen MR) is 163 cm³/mol. The Bertz CT molecular complexity index is 954. The zero-order valence-corrected chi connectivity index (χ0v) is 27.4. The molecule has 204 valence electrons. The summed E-state index contributed by atoms with van der Waals surface area (Å²) in [6.45, 7) is 24.8. The van der Waals surface area contributed by atoms with Crippen LogP contribution in [0.25, 0.3) is 0 Å². The molecule has 0 N–H and O–H groups in total. The van der Waals surface area contributed by atoms with Crippen molar-refractivity contribution in [3.8, 4) is 0 Å². The Kier molecular flexibility index (Phi) is 9.65. The lowest BCUT2D eigenvalue weighted by Crippen LogP contribution is -2.67. The van der Waals surface area contributed by atoms with Crippen LogP contribution in [0, 0.1) is 0 Å². The summed E-state index contributed by atoms with van der Waals surface area (Å²) < 4.78 is 26.9. The molecule has 0 spiro atoms. The standard InChI is InChI=1S/C30H48O4Si3/c1-11-26-27(32-26)22-28(33-35(5,6)7)29(34-36(8,9)10)23-31-37(30(2,3)4,24-18-14-12-15-19-24)25-20-16-13-17-21-25/h11-21,26-29H,1,22-23H2,2-10H3/t26-,27-,28+,29-/m1/s1. The zero-order valence-electron chi connectivity index (χ0n) is 24.4. The first-order chi connectivity index (χ1) is 17.2. The molecular weight excluding hydrogens is 509 g/mol. The van der Waals surface area contributed by atoms with Gasteiger partial charge in [-0.2, -0.15) is 0 Å². The van der Waals surface area contributed by atoms with Crippen molar-refractivity contribution in [2.45, 2.75) is 95.9 Å². The molecule has 2 aromatic rings. The van der Waals surface area contributed by atoms with Crippen molar-refractivity contribution in [2.24, 2.45) is 0 Å². The highest BCUT2D eigenvalue weighted by molar-refractivity contribution is 6.99. The highest BCUT2D eigenvalue weighted by atomic mass is 28.4. The highest BCUT2D eigenvalue weighted by Crippen LogP contribution is 2.38. The van der Waals surface area contributed by atoms with E-state index in [1.165, 1.54) is 10.4 Å². The number of hydrogen-bond acceptors (Lipinski definition) is 4. The van der Waals surface area contributed by atoms with Gasteiger partial charge in [-0.3, -0.25) is 0 Å². The van der Waals surface area contributed by atoms with E-state index in [1.54, 1.807) is 0 Å². The second-order valence-electron chi connectivity index (χ2n) is 13.1. The average Bonchev–Trinajstić information content (AvgIpc) is 3.55. The Morgan fingerprint density at radius 3 is 1.65 bits per heavy atom. The van der Waals surface area contributed by atoms with Gasteiger partial charge in [-0.25, -0.2) is 0 Å². The maximum absolute atomic E-state index is 7.34. The van der Waals surface area contributed by atoms with Gasteiger partial charge in [0.1, 0.15) is 6.10 Å². The van der Waals surface area contributed by atoms with Crippen LogP contribution in [0.15, 0.2) is 73.3 Å². The lowest BCUT2D eigenvalue weighted by atomic mass is 10.1. The predicted octanol–water partition coefficient (Wildman–Crippen LogP) is 6.35. The molecule has 0 amide bonds. The summed E-state index contributed by atoms with van der Waals surface area (Å²) in [7, 11) is -6.46. The Labute approximate surface area is 228 Å². The van der Waals surface area contributed by atoms with Gasteiger partial charge in [0.15, 0.2) is 16.6 Å². The molecule has 0 saturated carbocycles. The summed E-state index contributed by atoms with van der Waals surface area (Å²) >= 11 is 0. The number of rotatable bonds is 13. The summed E-state index contributed by atoms with van der Waals surface area (Å²) in [6, 6.07) is 21.6. The van der Waals surface area contributed by atoms with Gasteiger partial charge in [0, 0.05) is 6.42 Å². The van der Waals surface area contributed by atoms with E-state index in [0.717, 1.165) is 6.42 Å². The van der Waals surface area contributed by atoms with Crippen molar-refractivity contribution in [3.05, 3.63) is 73.3 Å². The van der Waals surface area contributed by atoms with E-state index in [1.807, 2.05) is 6.08 Å². The Balaban J connectivity index is 2.04. The highest BCUT2D eigenvalue weighted by Gasteiger charge is 2.51. The number of hydrogen-bond donors (Lipinski definition) is 0. The van der Waals surface area contributed by atoms with Crippen LogP contribution in [0.4, 0.5) is 0 Å². The lowest BCUT2D eigenvalue weighted by molar-refractivity contribution is 0.00399. The summed E-state index contributed by atoms with van der Waals surface area (Å²) in [5, 5.41) is 2.46. The van der Waals surface area contributed by atoms with Gasteiger partial charge in [0.05, 0.1) is 24.9 Å². The Hall–Kier alpha value is -1.33. The molecule has 4 nitrogen and oxygen atoms in total. The van der Waals surface area contributed by atoms with Crippen LogP contribution in [0.5, 0.6) is 0 Å². The monoisotopic (exact) mass is 556 g/mol. The smallest absolute Gasteiger partial charge is 0.261 e. The summed E-state index contributed by atoms with van der Waals surface area (Å²) in [5.41, 5.74) is 0. The van der Waals surface area contributed by atoms with Gasteiger partial charge in [-0.1, -0.05) is 87.5 Å². The molecular formula is C30H48O4Si3. The minimum absolute atomic E-state index is 0.0912. The minimum Gasteiger partial charge on any atom is -0.412 e. The van der Waals surface area contributed by atoms with E-state index in [4.69, 9.17) is 18.0 Å². The summed E-state index contributed by atoms with van der Waals surface area (Å²) in [6.07, 6.45) is 2.67. The van der Waals surface area contributed by atoms with E-state index in [9.17, 15) is 0 Å². The molecule has 0 unspecified atom stereocenters. The van der Waals surface area contributed by atoms with Crippen molar-refractivity contribution >= 4 is 35.3 Å². The number of ether oxygens (including phenoxy) is 1. The van der Waals surface area contributed by atoms with E-state index >= 15 is 0 Å². The van der Waals surface area contributed by atoms with Crippen LogP contribution >= 0.6 is 0 Å². The third kappa shape index (κ3) is 8.08. The third-order valence-corrected chi connectivity index (χ3v) is 13.6. The second kappa shape index (κ2) is 11.8. The second-order valence-corrected chi connectivity index (χ2v) is 26.3. The van der Waals surface area contributed by atoms with Crippen LogP contribution in [0.3, 0.4) is 0 Å². The maximum atomic E-state index is 7.34. The van der Waals surface area contributed by atoms with Gasteiger partial charge in [0.25, 0.3) is 8.32 Å². The Morgan fingerprint density at radius 2 is 1.27 bits per heavy atom. The van der Waals surface area contributed by atoms with Gasteiger partial charge < -0.3 is 18.0 Å². The maximum Gasteiger partial charge on any atom is 0.261 e. The van der Waals surface area contributed by atoms with Crippen molar-refractivity contribution in [1.29, 1.82) is 0 Å². The quantitative estimate of drug-likeness (QED) is 0.164. The topological polar surface area (TPSA) is 40.2 Å². The van der Waals surface area contributed by atoms with Crippen molar-refractivity contribution < 1.29 is 18.0 Å². The fraction of sp³-hybridized carbons (Fsp3) is 0.533. The SMILES string of the molecule is C=C[C@H]1O[C@@H]1C[C@H](O[Si](C)(C)C)[C@@H](CO[Si](c1ccccc1)(c1ccccc1)C(C)(C)C)O[Si](C)(C)C. The molecule has 1 aliphatic heterocycles. The molecule has 1 saturated heterocycles. The lowest BCUT2D eigenvalue weighted by Gasteiger charge is -2.45. The summed E-state index contributed by atoms with van der Waals surface area (Å²) in [5.74, 6) is 0. The Morgan fingerprint density at radius 1 is 0.811 bits per heavy atom. The molecule has 2 aromatic carbocycles. The first-order valence-electron chi connectivity index (χ1n) is 13.5. The molecule has 0 bridgehead atoms. The normalized spacial score (nSPS) is 20.4. The average molecular weight is 557 g/mol. The first kappa shape index (κ1) is 30.2. The molecule has 4 atom stereocenters.